The summed E-state index contributed by atoms with van der Waals surface area (Å²) in [7, 11) is 0. The molecular weight excluding hydrogens is 266 g/mol. The van der Waals surface area contributed by atoms with E-state index in [1.54, 1.807) is 0 Å². The number of piperidine rings is 1. The summed E-state index contributed by atoms with van der Waals surface area (Å²) in [5.41, 5.74) is 1.09. The van der Waals surface area contributed by atoms with E-state index in [1.165, 1.54) is 0 Å². The van der Waals surface area contributed by atoms with Gasteiger partial charge < -0.3 is 14.8 Å². The molecule has 3 rings (SSSR count). The number of nitrogens with one attached hydrogen (secondary N) is 1. The largest absolute Gasteiger partial charge is 0.372 e. The standard InChI is InChI=1S/C16H27N3O2/c1-3-13(2)19-9-4-14(18-19)11-20-15-10-16(21-12-15)5-7-17-8-6-16/h4,9,13,15,17H,3,5-8,10-12H2,1-2H3. The summed E-state index contributed by atoms with van der Waals surface area (Å²) in [6.07, 6.45) is 6.60. The molecule has 2 fully saturated rings. The van der Waals surface area contributed by atoms with Crippen LogP contribution in [0.15, 0.2) is 12.3 Å². The van der Waals surface area contributed by atoms with E-state index in [-0.39, 0.29) is 11.7 Å². The molecule has 1 aromatic heterocycles. The summed E-state index contributed by atoms with van der Waals surface area (Å²) in [6, 6.07) is 2.51. The quantitative estimate of drug-likeness (QED) is 0.905. The van der Waals surface area contributed by atoms with Gasteiger partial charge in [0.05, 0.1) is 30.6 Å². The van der Waals surface area contributed by atoms with E-state index in [2.05, 4.69) is 30.3 Å². The van der Waals surface area contributed by atoms with Crippen LogP contribution in [0.1, 0.15) is 51.3 Å². The molecule has 2 aliphatic rings. The summed E-state index contributed by atoms with van der Waals surface area (Å²) >= 11 is 0. The van der Waals surface area contributed by atoms with Gasteiger partial charge in [-0.1, -0.05) is 6.92 Å². The molecule has 2 atom stereocenters. The molecule has 2 unspecified atom stereocenters. The van der Waals surface area contributed by atoms with E-state index in [9.17, 15) is 0 Å². The predicted octanol–water partition coefficient (Wildman–Crippen LogP) is 2.28. The molecule has 5 heteroatoms. The van der Waals surface area contributed by atoms with Crippen molar-refractivity contribution in [3.8, 4) is 0 Å². The normalized spacial score (nSPS) is 26.3. The highest BCUT2D eigenvalue weighted by atomic mass is 16.6. The van der Waals surface area contributed by atoms with Gasteiger partial charge in [0, 0.05) is 18.7 Å². The van der Waals surface area contributed by atoms with Gasteiger partial charge in [0.2, 0.25) is 0 Å². The number of hydrogen-bond donors (Lipinski definition) is 1. The van der Waals surface area contributed by atoms with Gasteiger partial charge in [0.1, 0.15) is 0 Å². The molecular formula is C16H27N3O2. The lowest BCUT2D eigenvalue weighted by molar-refractivity contribution is -0.0242. The van der Waals surface area contributed by atoms with Crippen molar-refractivity contribution in [3.63, 3.8) is 0 Å². The van der Waals surface area contributed by atoms with Crippen LogP contribution in [-0.4, -0.2) is 41.2 Å². The van der Waals surface area contributed by atoms with Crippen molar-refractivity contribution in [1.82, 2.24) is 15.1 Å². The Balaban J connectivity index is 1.48. The Kier molecular flexibility index (Phi) is 4.62. The molecule has 21 heavy (non-hydrogen) atoms. The number of ether oxygens (including phenoxy) is 2. The summed E-state index contributed by atoms with van der Waals surface area (Å²) in [6.45, 7) is 7.80. The minimum Gasteiger partial charge on any atom is -0.372 e. The first kappa shape index (κ1) is 15.0. The van der Waals surface area contributed by atoms with Crippen LogP contribution in [-0.2, 0) is 16.1 Å². The zero-order valence-corrected chi connectivity index (χ0v) is 13.2. The second kappa shape index (κ2) is 6.46. The topological polar surface area (TPSA) is 48.3 Å². The van der Waals surface area contributed by atoms with Crippen molar-refractivity contribution in [3.05, 3.63) is 18.0 Å². The Morgan fingerprint density at radius 2 is 2.33 bits per heavy atom. The molecule has 0 radical (unpaired) electrons. The Hall–Kier alpha value is -0.910. The fraction of sp³-hybridized carbons (Fsp3) is 0.812. The van der Waals surface area contributed by atoms with Crippen LogP contribution in [0.5, 0.6) is 0 Å². The molecule has 0 saturated carbocycles. The molecule has 0 bridgehead atoms. The zero-order chi connectivity index (χ0) is 14.7. The van der Waals surface area contributed by atoms with Gasteiger partial charge in [-0.15, -0.1) is 0 Å². The summed E-state index contributed by atoms with van der Waals surface area (Å²) in [4.78, 5) is 0. The Labute approximate surface area is 127 Å². The fourth-order valence-corrected chi connectivity index (χ4v) is 3.23. The summed E-state index contributed by atoms with van der Waals surface area (Å²) in [5.74, 6) is 0. The monoisotopic (exact) mass is 293 g/mol. The molecule has 5 nitrogen and oxygen atoms in total. The van der Waals surface area contributed by atoms with Crippen LogP contribution in [0, 0.1) is 0 Å². The molecule has 2 saturated heterocycles. The lowest BCUT2D eigenvalue weighted by Gasteiger charge is -2.32. The van der Waals surface area contributed by atoms with Crippen molar-refractivity contribution in [2.75, 3.05) is 19.7 Å². The van der Waals surface area contributed by atoms with Gasteiger partial charge in [0.15, 0.2) is 0 Å². The zero-order valence-electron chi connectivity index (χ0n) is 13.2. The van der Waals surface area contributed by atoms with Gasteiger partial charge in [-0.2, -0.15) is 5.10 Å². The first-order valence-corrected chi connectivity index (χ1v) is 8.21. The van der Waals surface area contributed by atoms with Crippen molar-refractivity contribution in [2.45, 2.75) is 63.9 Å². The molecule has 1 aromatic rings. The average Bonchev–Trinajstić information content (AvgIpc) is 3.13. The van der Waals surface area contributed by atoms with E-state index in [1.807, 2.05) is 10.9 Å². The molecule has 0 amide bonds. The van der Waals surface area contributed by atoms with Crippen LogP contribution in [0.3, 0.4) is 0 Å². The molecule has 118 valence electrons. The molecule has 0 aromatic carbocycles. The summed E-state index contributed by atoms with van der Waals surface area (Å²) in [5, 5.41) is 7.98. The van der Waals surface area contributed by atoms with Crippen molar-refractivity contribution in [2.24, 2.45) is 0 Å². The third-order valence-electron chi connectivity index (χ3n) is 4.86. The molecule has 0 aliphatic carbocycles. The minimum atomic E-state index is 0.0754. The maximum atomic E-state index is 6.05. The molecule has 2 aliphatic heterocycles. The van der Waals surface area contributed by atoms with Crippen molar-refractivity contribution >= 4 is 0 Å². The second-order valence-corrected chi connectivity index (χ2v) is 6.43. The smallest absolute Gasteiger partial charge is 0.0911 e. The first-order chi connectivity index (χ1) is 10.2. The van der Waals surface area contributed by atoms with E-state index in [4.69, 9.17) is 9.47 Å². The van der Waals surface area contributed by atoms with Gasteiger partial charge in [0.25, 0.3) is 0 Å². The van der Waals surface area contributed by atoms with Crippen molar-refractivity contribution < 1.29 is 9.47 Å². The average molecular weight is 293 g/mol. The number of nitrogens with zero attached hydrogens (tertiary/aromatic N) is 2. The number of rotatable bonds is 5. The highest BCUT2D eigenvalue weighted by Crippen LogP contribution is 2.35. The Morgan fingerprint density at radius 1 is 1.52 bits per heavy atom. The summed E-state index contributed by atoms with van der Waals surface area (Å²) < 4.78 is 14.1. The van der Waals surface area contributed by atoms with Crippen molar-refractivity contribution in [1.29, 1.82) is 0 Å². The van der Waals surface area contributed by atoms with Crippen LogP contribution in [0.4, 0.5) is 0 Å². The molecule has 1 spiro atoms. The molecule has 1 N–H and O–H groups in total. The maximum Gasteiger partial charge on any atom is 0.0911 e. The third kappa shape index (κ3) is 3.47. The lowest BCUT2D eigenvalue weighted by atomic mass is 9.89. The third-order valence-corrected chi connectivity index (χ3v) is 4.86. The van der Waals surface area contributed by atoms with E-state index >= 15 is 0 Å². The van der Waals surface area contributed by atoms with Gasteiger partial charge in [-0.25, -0.2) is 0 Å². The van der Waals surface area contributed by atoms with Crippen LogP contribution >= 0.6 is 0 Å². The van der Waals surface area contributed by atoms with Crippen LogP contribution < -0.4 is 5.32 Å². The van der Waals surface area contributed by atoms with E-state index in [0.29, 0.717) is 12.6 Å². The lowest BCUT2D eigenvalue weighted by Crippen LogP contribution is -2.41. The van der Waals surface area contributed by atoms with Gasteiger partial charge in [-0.05, 0) is 45.3 Å². The Bertz CT molecular complexity index is 454. The second-order valence-electron chi connectivity index (χ2n) is 6.43. The SMILES string of the molecule is CCC(C)n1ccc(COC2COC3(CCNCC3)C2)n1. The van der Waals surface area contributed by atoms with Crippen LogP contribution in [0.2, 0.25) is 0 Å². The highest BCUT2D eigenvalue weighted by molar-refractivity contribution is 4.99. The van der Waals surface area contributed by atoms with Crippen LogP contribution in [0.25, 0.3) is 0 Å². The Morgan fingerprint density at radius 3 is 3.10 bits per heavy atom. The fourth-order valence-electron chi connectivity index (χ4n) is 3.23. The van der Waals surface area contributed by atoms with E-state index in [0.717, 1.165) is 51.1 Å². The maximum absolute atomic E-state index is 6.05. The molecule has 3 heterocycles. The van der Waals surface area contributed by atoms with Gasteiger partial charge in [-0.3, -0.25) is 4.68 Å². The predicted molar refractivity (Wildman–Crippen MR) is 81.2 cm³/mol. The number of hydrogen-bond acceptors (Lipinski definition) is 4. The number of aromatic nitrogens is 2. The van der Waals surface area contributed by atoms with Gasteiger partial charge >= 0.3 is 0 Å². The minimum absolute atomic E-state index is 0.0754. The highest BCUT2D eigenvalue weighted by Gasteiger charge is 2.41. The van der Waals surface area contributed by atoms with E-state index < -0.39 is 0 Å². The first-order valence-electron chi connectivity index (χ1n) is 8.21.